The van der Waals surface area contributed by atoms with Crippen LogP contribution in [0.15, 0.2) is 0 Å². The monoisotopic (exact) mass is 241 g/mol. The first-order valence-corrected chi connectivity index (χ1v) is 5.85. The molecular formula is C12H23N3O2. The third-order valence-corrected chi connectivity index (χ3v) is 2.40. The van der Waals surface area contributed by atoms with Gasteiger partial charge in [-0.25, -0.2) is 0 Å². The molecule has 17 heavy (non-hydrogen) atoms. The normalized spacial score (nSPS) is 11.4. The number of nitrogens with zero attached hydrogens (tertiary/aromatic N) is 3. The smallest absolute Gasteiger partial charge is 0.236 e. The maximum atomic E-state index is 11.8. The summed E-state index contributed by atoms with van der Waals surface area (Å²) in [5.74, 6) is -0.0219. The summed E-state index contributed by atoms with van der Waals surface area (Å²) in [6, 6.07) is 2.01. The molecule has 0 bridgehead atoms. The standard InChI is InChI=1S/C12H23N3O2/c1-5-15(10-12(2,3)17)9-11(16)14(4)8-6-7-13/h17H,5-6,8-10H2,1-4H3. The van der Waals surface area contributed by atoms with E-state index in [2.05, 4.69) is 0 Å². The second-order valence-corrected chi connectivity index (χ2v) is 4.84. The van der Waals surface area contributed by atoms with Crippen molar-refractivity contribution >= 4 is 5.91 Å². The molecule has 5 heteroatoms. The fraction of sp³-hybridized carbons (Fsp3) is 0.833. The largest absolute Gasteiger partial charge is 0.389 e. The average molecular weight is 241 g/mol. The summed E-state index contributed by atoms with van der Waals surface area (Å²) in [6.45, 7) is 7.30. The minimum atomic E-state index is -0.804. The highest BCUT2D eigenvalue weighted by Crippen LogP contribution is 2.05. The van der Waals surface area contributed by atoms with Crippen LogP contribution < -0.4 is 0 Å². The van der Waals surface area contributed by atoms with Crippen molar-refractivity contribution in [2.75, 3.05) is 33.2 Å². The maximum Gasteiger partial charge on any atom is 0.236 e. The summed E-state index contributed by atoms with van der Waals surface area (Å²) >= 11 is 0. The van der Waals surface area contributed by atoms with Gasteiger partial charge >= 0.3 is 0 Å². The molecule has 0 fully saturated rings. The molecule has 0 unspecified atom stereocenters. The Morgan fingerprint density at radius 1 is 1.47 bits per heavy atom. The minimum Gasteiger partial charge on any atom is -0.389 e. The summed E-state index contributed by atoms with van der Waals surface area (Å²) in [6.07, 6.45) is 0.347. The second-order valence-electron chi connectivity index (χ2n) is 4.84. The number of hydrogen-bond acceptors (Lipinski definition) is 4. The molecule has 0 radical (unpaired) electrons. The molecule has 0 saturated heterocycles. The summed E-state index contributed by atoms with van der Waals surface area (Å²) in [4.78, 5) is 15.2. The Hall–Kier alpha value is -1.12. The second kappa shape index (κ2) is 7.25. The van der Waals surface area contributed by atoms with E-state index in [0.717, 1.165) is 0 Å². The van der Waals surface area contributed by atoms with E-state index in [-0.39, 0.29) is 12.5 Å². The summed E-state index contributed by atoms with van der Waals surface area (Å²) < 4.78 is 0. The lowest BCUT2D eigenvalue weighted by Gasteiger charge is -2.28. The van der Waals surface area contributed by atoms with Gasteiger partial charge in [-0.3, -0.25) is 9.69 Å². The number of rotatable bonds is 7. The lowest BCUT2D eigenvalue weighted by molar-refractivity contribution is -0.131. The number of hydrogen-bond donors (Lipinski definition) is 1. The first-order valence-electron chi connectivity index (χ1n) is 5.85. The number of carbonyl (C=O) groups excluding carboxylic acids is 1. The van der Waals surface area contributed by atoms with Gasteiger partial charge in [0.1, 0.15) is 0 Å². The number of amides is 1. The lowest BCUT2D eigenvalue weighted by Crippen LogP contribution is -2.44. The van der Waals surface area contributed by atoms with E-state index >= 15 is 0 Å². The van der Waals surface area contributed by atoms with Crippen LogP contribution in [0.1, 0.15) is 27.2 Å². The van der Waals surface area contributed by atoms with Gasteiger partial charge in [0.15, 0.2) is 0 Å². The van der Waals surface area contributed by atoms with Crippen LogP contribution in [-0.4, -0.2) is 59.6 Å². The fourth-order valence-electron chi connectivity index (χ4n) is 1.48. The number of aliphatic hydroxyl groups is 1. The predicted molar refractivity (Wildman–Crippen MR) is 66.3 cm³/mol. The van der Waals surface area contributed by atoms with Crippen molar-refractivity contribution in [2.24, 2.45) is 0 Å². The maximum absolute atomic E-state index is 11.8. The molecule has 0 aromatic rings. The van der Waals surface area contributed by atoms with Crippen LogP contribution in [0.25, 0.3) is 0 Å². The molecule has 0 atom stereocenters. The highest BCUT2D eigenvalue weighted by molar-refractivity contribution is 5.78. The van der Waals surface area contributed by atoms with Crippen LogP contribution in [0.5, 0.6) is 0 Å². The van der Waals surface area contributed by atoms with Crippen LogP contribution in [0, 0.1) is 11.3 Å². The molecule has 0 spiro atoms. The van der Waals surface area contributed by atoms with Crippen molar-refractivity contribution in [1.29, 1.82) is 5.26 Å². The van der Waals surface area contributed by atoms with Gasteiger partial charge < -0.3 is 10.0 Å². The Bertz CT molecular complexity index is 278. The average Bonchev–Trinajstić information content (AvgIpc) is 2.22. The first kappa shape index (κ1) is 15.9. The van der Waals surface area contributed by atoms with Crippen LogP contribution in [0.4, 0.5) is 0 Å². The van der Waals surface area contributed by atoms with Gasteiger partial charge in [0.25, 0.3) is 0 Å². The van der Waals surface area contributed by atoms with E-state index in [1.807, 2.05) is 17.9 Å². The Kier molecular flexibility index (Phi) is 6.78. The van der Waals surface area contributed by atoms with E-state index in [9.17, 15) is 9.90 Å². The predicted octanol–water partition coefficient (Wildman–Crippen LogP) is 0.451. The van der Waals surface area contributed by atoms with E-state index in [1.165, 1.54) is 0 Å². The first-order chi connectivity index (χ1) is 7.80. The highest BCUT2D eigenvalue weighted by Gasteiger charge is 2.20. The Morgan fingerprint density at radius 2 is 2.06 bits per heavy atom. The van der Waals surface area contributed by atoms with Gasteiger partial charge in [-0.15, -0.1) is 0 Å². The van der Waals surface area contributed by atoms with Crippen LogP contribution in [0.2, 0.25) is 0 Å². The van der Waals surface area contributed by atoms with Crippen molar-refractivity contribution < 1.29 is 9.90 Å². The molecule has 1 N–H and O–H groups in total. The SMILES string of the molecule is CCN(CC(=O)N(C)CCC#N)CC(C)(C)O. The molecule has 98 valence electrons. The Labute approximate surface area is 104 Å². The van der Waals surface area contributed by atoms with Crippen LogP contribution >= 0.6 is 0 Å². The highest BCUT2D eigenvalue weighted by atomic mass is 16.3. The minimum absolute atomic E-state index is 0.0219. The van der Waals surface area contributed by atoms with Gasteiger partial charge in [-0.05, 0) is 20.4 Å². The van der Waals surface area contributed by atoms with Crippen molar-refractivity contribution in [2.45, 2.75) is 32.8 Å². The number of likely N-dealkylation sites (N-methyl/N-ethyl adjacent to an activating group) is 2. The van der Waals surface area contributed by atoms with Crippen molar-refractivity contribution in [3.05, 3.63) is 0 Å². The quantitative estimate of drug-likeness (QED) is 0.703. The zero-order valence-electron chi connectivity index (χ0n) is 11.2. The molecule has 0 rings (SSSR count). The molecule has 0 saturated carbocycles. The van der Waals surface area contributed by atoms with Gasteiger partial charge in [-0.2, -0.15) is 5.26 Å². The molecule has 5 nitrogen and oxygen atoms in total. The fourth-order valence-corrected chi connectivity index (χ4v) is 1.48. The van der Waals surface area contributed by atoms with E-state index in [1.54, 1.807) is 25.8 Å². The third kappa shape index (κ3) is 7.72. The van der Waals surface area contributed by atoms with Gasteiger partial charge in [0.05, 0.1) is 24.6 Å². The Morgan fingerprint density at radius 3 is 2.47 bits per heavy atom. The molecule has 1 amide bonds. The lowest BCUT2D eigenvalue weighted by atomic mass is 10.1. The van der Waals surface area contributed by atoms with Crippen LogP contribution in [-0.2, 0) is 4.79 Å². The van der Waals surface area contributed by atoms with Gasteiger partial charge in [0, 0.05) is 20.1 Å². The van der Waals surface area contributed by atoms with Crippen LogP contribution in [0.3, 0.4) is 0 Å². The van der Waals surface area contributed by atoms with Crippen molar-refractivity contribution in [3.8, 4) is 6.07 Å². The van der Waals surface area contributed by atoms with Gasteiger partial charge in [-0.1, -0.05) is 6.92 Å². The summed E-state index contributed by atoms with van der Waals surface area (Å²) in [7, 11) is 1.69. The number of carbonyl (C=O) groups is 1. The van der Waals surface area contributed by atoms with E-state index < -0.39 is 5.60 Å². The molecule has 0 aromatic carbocycles. The summed E-state index contributed by atoms with van der Waals surface area (Å²) in [5, 5.41) is 18.1. The third-order valence-electron chi connectivity index (χ3n) is 2.40. The van der Waals surface area contributed by atoms with E-state index in [0.29, 0.717) is 26.1 Å². The van der Waals surface area contributed by atoms with Crippen molar-refractivity contribution in [1.82, 2.24) is 9.80 Å². The Balaban J connectivity index is 4.19. The molecule has 0 aliphatic rings. The van der Waals surface area contributed by atoms with Crippen molar-refractivity contribution in [3.63, 3.8) is 0 Å². The zero-order chi connectivity index (χ0) is 13.5. The summed E-state index contributed by atoms with van der Waals surface area (Å²) in [5.41, 5.74) is -0.804. The van der Waals surface area contributed by atoms with Gasteiger partial charge in [0.2, 0.25) is 5.91 Å². The number of nitriles is 1. The zero-order valence-corrected chi connectivity index (χ0v) is 11.2. The molecule has 0 heterocycles. The van der Waals surface area contributed by atoms with E-state index in [4.69, 9.17) is 5.26 Å². The topological polar surface area (TPSA) is 67.6 Å². The molecule has 0 aliphatic heterocycles. The molecular weight excluding hydrogens is 218 g/mol. The molecule has 0 aromatic heterocycles. The molecule has 0 aliphatic carbocycles.